The number of nitro benzene ring substituents is 1. The minimum Gasteiger partial charge on any atom is -0.440 e. The number of oxazole rings is 1. The van der Waals surface area contributed by atoms with Crippen molar-refractivity contribution in [3.8, 4) is 0 Å². The fourth-order valence-corrected chi connectivity index (χ4v) is 2.80. The molecule has 0 bridgehead atoms. The highest BCUT2D eigenvalue weighted by atomic mass is 16.6. The molecule has 1 aliphatic carbocycles. The molecule has 1 heterocycles. The molecule has 100 valence electrons. The van der Waals surface area contributed by atoms with E-state index in [1.807, 2.05) is 0 Å². The molecule has 1 fully saturated rings. The number of aromatic nitrogens is 1. The molecule has 0 spiro atoms. The maximum atomic E-state index is 10.7. The Balaban J connectivity index is 1.82. The van der Waals surface area contributed by atoms with Crippen LogP contribution in [0.1, 0.15) is 38.0 Å². The van der Waals surface area contributed by atoms with Crippen molar-refractivity contribution in [2.45, 2.75) is 38.5 Å². The first-order chi connectivity index (χ1) is 9.22. The maximum Gasteiger partial charge on any atom is 0.273 e. The summed E-state index contributed by atoms with van der Waals surface area (Å²) in [6.45, 7) is 0. The Morgan fingerprint density at radius 1 is 1.32 bits per heavy atom. The summed E-state index contributed by atoms with van der Waals surface area (Å²) in [7, 11) is 0. The van der Waals surface area contributed by atoms with Crippen molar-refractivity contribution in [3.05, 3.63) is 34.2 Å². The van der Waals surface area contributed by atoms with Crippen LogP contribution in [0.5, 0.6) is 0 Å². The van der Waals surface area contributed by atoms with Gasteiger partial charge < -0.3 is 4.42 Å². The van der Waals surface area contributed by atoms with Gasteiger partial charge in [0.2, 0.25) is 0 Å². The lowest BCUT2D eigenvalue weighted by molar-refractivity contribution is -0.384. The highest BCUT2D eigenvalue weighted by Gasteiger charge is 2.18. The van der Waals surface area contributed by atoms with E-state index in [0.29, 0.717) is 22.9 Å². The molecule has 5 heteroatoms. The summed E-state index contributed by atoms with van der Waals surface area (Å²) in [5.41, 5.74) is 1.27. The molecule has 1 aromatic carbocycles. The molecule has 0 saturated heterocycles. The molecule has 1 aromatic heterocycles. The van der Waals surface area contributed by atoms with Crippen molar-refractivity contribution in [2.24, 2.45) is 5.92 Å². The van der Waals surface area contributed by atoms with E-state index < -0.39 is 4.92 Å². The average molecular weight is 260 g/mol. The van der Waals surface area contributed by atoms with Crippen LogP contribution in [-0.2, 0) is 6.42 Å². The van der Waals surface area contributed by atoms with E-state index in [9.17, 15) is 10.1 Å². The quantitative estimate of drug-likeness (QED) is 0.620. The van der Waals surface area contributed by atoms with Crippen LogP contribution >= 0.6 is 0 Å². The average Bonchev–Trinajstić information content (AvgIpc) is 2.80. The summed E-state index contributed by atoms with van der Waals surface area (Å²) < 4.78 is 5.65. The zero-order chi connectivity index (χ0) is 13.2. The van der Waals surface area contributed by atoms with Crippen molar-refractivity contribution < 1.29 is 9.34 Å². The Bertz CT molecular complexity index is 600. The Morgan fingerprint density at radius 2 is 2.11 bits per heavy atom. The molecule has 0 radical (unpaired) electrons. The molecule has 1 aliphatic rings. The number of nitro groups is 1. The first kappa shape index (κ1) is 12.1. The zero-order valence-electron chi connectivity index (χ0n) is 10.7. The van der Waals surface area contributed by atoms with Crippen LogP contribution < -0.4 is 0 Å². The molecule has 3 rings (SSSR count). The van der Waals surface area contributed by atoms with Gasteiger partial charge in [0.1, 0.15) is 5.52 Å². The third-order valence-corrected chi connectivity index (χ3v) is 3.82. The molecule has 0 N–H and O–H groups in total. The standard InChI is InChI=1S/C14H16N2O3/c17-16(18)11-6-7-12-13(9-11)19-14(15-12)8-10-4-2-1-3-5-10/h6-7,9-10H,1-5,8H2. The van der Waals surface area contributed by atoms with E-state index >= 15 is 0 Å². The summed E-state index contributed by atoms with van der Waals surface area (Å²) in [5, 5.41) is 10.7. The van der Waals surface area contributed by atoms with E-state index in [4.69, 9.17) is 4.42 Å². The second-order valence-corrected chi connectivity index (χ2v) is 5.22. The van der Waals surface area contributed by atoms with Gasteiger partial charge in [0, 0.05) is 12.5 Å². The summed E-state index contributed by atoms with van der Waals surface area (Å²) in [5.74, 6) is 1.36. The van der Waals surface area contributed by atoms with Gasteiger partial charge >= 0.3 is 0 Å². The third-order valence-electron chi connectivity index (χ3n) is 3.82. The minimum atomic E-state index is -0.414. The van der Waals surface area contributed by atoms with Crippen LogP contribution in [0.2, 0.25) is 0 Å². The number of hydrogen-bond donors (Lipinski definition) is 0. The Kier molecular flexibility index (Phi) is 3.19. The van der Waals surface area contributed by atoms with Gasteiger partial charge in [-0.2, -0.15) is 0 Å². The largest absolute Gasteiger partial charge is 0.440 e. The molecule has 5 nitrogen and oxygen atoms in total. The fourth-order valence-electron chi connectivity index (χ4n) is 2.80. The predicted molar refractivity (Wildman–Crippen MR) is 70.9 cm³/mol. The van der Waals surface area contributed by atoms with Crippen molar-refractivity contribution in [1.29, 1.82) is 0 Å². The van der Waals surface area contributed by atoms with Crippen molar-refractivity contribution in [3.63, 3.8) is 0 Å². The van der Waals surface area contributed by atoms with E-state index in [2.05, 4.69) is 4.98 Å². The number of non-ortho nitro benzene ring substituents is 1. The summed E-state index contributed by atoms with van der Waals surface area (Å²) in [4.78, 5) is 14.7. The topological polar surface area (TPSA) is 69.2 Å². The van der Waals surface area contributed by atoms with E-state index in [1.54, 1.807) is 6.07 Å². The SMILES string of the molecule is O=[N+]([O-])c1ccc2nc(CC3CCCCC3)oc2c1. The van der Waals surface area contributed by atoms with E-state index in [0.717, 1.165) is 6.42 Å². The number of fused-ring (bicyclic) bond motifs is 1. The number of benzene rings is 1. The number of nitrogens with zero attached hydrogens (tertiary/aromatic N) is 2. The smallest absolute Gasteiger partial charge is 0.273 e. The van der Waals surface area contributed by atoms with Gasteiger partial charge in [-0.15, -0.1) is 0 Å². The second kappa shape index (κ2) is 4.99. The highest BCUT2D eigenvalue weighted by Crippen LogP contribution is 2.28. The van der Waals surface area contributed by atoms with Crippen LogP contribution in [0.4, 0.5) is 5.69 Å². The van der Waals surface area contributed by atoms with Gasteiger partial charge in [0.15, 0.2) is 11.5 Å². The number of rotatable bonds is 3. The van der Waals surface area contributed by atoms with Crippen molar-refractivity contribution in [1.82, 2.24) is 4.98 Å². The Labute approximate surface area is 110 Å². The molecule has 19 heavy (non-hydrogen) atoms. The summed E-state index contributed by atoms with van der Waals surface area (Å²) in [6, 6.07) is 4.57. The zero-order valence-corrected chi connectivity index (χ0v) is 10.7. The normalized spacial score (nSPS) is 16.8. The summed E-state index contributed by atoms with van der Waals surface area (Å²) >= 11 is 0. The fraction of sp³-hybridized carbons (Fsp3) is 0.500. The molecule has 0 atom stereocenters. The van der Waals surface area contributed by atoms with Crippen LogP contribution in [-0.4, -0.2) is 9.91 Å². The maximum absolute atomic E-state index is 10.7. The predicted octanol–water partition coefficient (Wildman–Crippen LogP) is 3.86. The monoisotopic (exact) mass is 260 g/mol. The molecule has 2 aromatic rings. The lowest BCUT2D eigenvalue weighted by Crippen LogP contribution is -2.09. The lowest BCUT2D eigenvalue weighted by Gasteiger charge is -2.19. The van der Waals surface area contributed by atoms with Crippen LogP contribution in [0.25, 0.3) is 11.1 Å². The van der Waals surface area contributed by atoms with Crippen molar-refractivity contribution >= 4 is 16.8 Å². The second-order valence-electron chi connectivity index (χ2n) is 5.22. The Hall–Kier alpha value is -1.91. The van der Waals surface area contributed by atoms with E-state index in [-0.39, 0.29) is 5.69 Å². The minimum absolute atomic E-state index is 0.0490. The highest BCUT2D eigenvalue weighted by molar-refractivity contribution is 5.75. The first-order valence-corrected chi connectivity index (χ1v) is 6.76. The van der Waals surface area contributed by atoms with Gasteiger partial charge in [-0.3, -0.25) is 10.1 Å². The van der Waals surface area contributed by atoms with Crippen molar-refractivity contribution in [2.75, 3.05) is 0 Å². The molecule has 1 saturated carbocycles. The first-order valence-electron chi connectivity index (χ1n) is 6.76. The Morgan fingerprint density at radius 3 is 2.84 bits per heavy atom. The molecule has 0 amide bonds. The molecule has 0 aliphatic heterocycles. The van der Waals surface area contributed by atoms with Gasteiger partial charge in [0.25, 0.3) is 5.69 Å². The summed E-state index contributed by atoms with van der Waals surface area (Å²) in [6.07, 6.45) is 7.23. The van der Waals surface area contributed by atoms with E-state index in [1.165, 1.54) is 44.2 Å². The van der Waals surface area contributed by atoms with Crippen LogP contribution in [0.3, 0.4) is 0 Å². The van der Waals surface area contributed by atoms with Gasteiger partial charge in [0.05, 0.1) is 11.0 Å². The van der Waals surface area contributed by atoms with Gasteiger partial charge in [-0.05, 0) is 24.8 Å². The van der Waals surface area contributed by atoms with Crippen LogP contribution in [0, 0.1) is 16.0 Å². The number of hydrogen-bond acceptors (Lipinski definition) is 4. The van der Waals surface area contributed by atoms with Gasteiger partial charge in [-0.1, -0.05) is 19.3 Å². The molecule has 0 unspecified atom stereocenters. The third kappa shape index (κ3) is 2.59. The van der Waals surface area contributed by atoms with Gasteiger partial charge in [-0.25, -0.2) is 4.98 Å². The molecular weight excluding hydrogens is 244 g/mol. The lowest BCUT2D eigenvalue weighted by atomic mass is 9.87. The molecular formula is C14H16N2O3. The van der Waals surface area contributed by atoms with Crippen LogP contribution in [0.15, 0.2) is 22.6 Å².